The van der Waals surface area contributed by atoms with E-state index < -0.39 is 0 Å². The third-order valence-corrected chi connectivity index (χ3v) is 3.95. The van der Waals surface area contributed by atoms with Crippen molar-refractivity contribution in [2.45, 2.75) is 38.6 Å². The van der Waals surface area contributed by atoms with Crippen molar-refractivity contribution in [1.29, 1.82) is 0 Å². The number of rotatable bonds is 5. The van der Waals surface area contributed by atoms with Crippen LogP contribution in [0.15, 0.2) is 24.3 Å². The minimum absolute atomic E-state index is 0.0251. The van der Waals surface area contributed by atoms with E-state index >= 15 is 0 Å². The van der Waals surface area contributed by atoms with Gasteiger partial charge in [0, 0.05) is 25.7 Å². The highest BCUT2D eigenvalue weighted by Crippen LogP contribution is 2.11. The van der Waals surface area contributed by atoms with E-state index in [4.69, 9.17) is 0 Å². The Morgan fingerprint density at radius 1 is 1.22 bits per heavy atom. The molecule has 23 heavy (non-hydrogen) atoms. The Hall–Kier alpha value is -2.11. The van der Waals surface area contributed by atoms with Crippen molar-refractivity contribution < 1.29 is 14.0 Å². The van der Waals surface area contributed by atoms with Crippen LogP contribution in [0, 0.1) is 5.82 Å². The molecule has 0 saturated carbocycles. The second-order valence-electron chi connectivity index (χ2n) is 5.86. The molecule has 0 unspecified atom stereocenters. The third kappa shape index (κ3) is 5.54. The summed E-state index contributed by atoms with van der Waals surface area (Å²) in [6, 6.07) is 6.03. The zero-order valence-electron chi connectivity index (χ0n) is 13.5. The Morgan fingerprint density at radius 2 is 1.87 bits per heavy atom. The fraction of sp³-hybridized carbons (Fsp3) is 0.529. The summed E-state index contributed by atoms with van der Waals surface area (Å²) >= 11 is 0. The number of halogens is 1. The van der Waals surface area contributed by atoms with Crippen LogP contribution in [0.5, 0.6) is 0 Å². The number of carbonyl (C=O) groups is 2. The predicted molar refractivity (Wildman–Crippen MR) is 86.5 cm³/mol. The van der Waals surface area contributed by atoms with Crippen LogP contribution in [0.4, 0.5) is 9.18 Å². The van der Waals surface area contributed by atoms with Gasteiger partial charge in [-0.3, -0.25) is 4.79 Å². The highest BCUT2D eigenvalue weighted by Gasteiger charge is 2.23. The molecular weight excluding hydrogens is 297 g/mol. The molecule has 1 aromatic rings. The van der Waals surface area contributed by atoms with Gasteiger partial charge >= 0.3 is 6.03 Å². The number of benzene rings is 1. The van der Waals surface area contributed by atoms with Gasteiger partial charge in [-0.15, -0.1) is 0 Å². The lowest BCUT2D eigenvalue weighted by atomic mass is 10.0. The van der Waals surface area contributed by atoms with E-state index in [1.807, 2.05) is 6.92 Å². The first-order valence-corrected chi connectivity index (χ1v) is 8.15. The minimum Gasteiger partial charge on any atom is -0.353 e. The number of urea groups is 1. The zero-order valence-corrected chi connectivity index (χ0v) is 13.5. The van der Waals surface area contributed by atoms with Gasteiger partial charge in [0.05, 0.1) is 6.42 Å². The highest BCUT2D eigenvalue weighted by molar-refractivity contribution is 5.79. The Kier molecular flexibility index (Phi) is 6.38. The Balaban J connectivity index is 1.72. The van der Waals surface area contributed by atoms with Gasteiger partial charge in [0.1, 0.15) is 5.82 Å². The van der Waals surface area contributed by atoms with Crippen LogP contribution in [-0.2, 0) is 11.2 Å². The second-order valence-corrected chi connectivity index (χ2v) is 5.86. The maximum absolute atomic E-state index is 12.8. The fourth-order valence-corrected chi connectivity index (χ4v) is 2.64. The van der Waals surface area contributed by atoms with Gasteiger partial charge < -0.3 is 15.5 Å². The molecule has 1 fully saturated rings. The lowest BCUT2D eigenvalue weighted by molar-refractivity contribution is -0.121. The van der Waals surface area contributed by atoms with E-state index in [1.165, 1.54) is 12.1 Å². The van der Waals surface area contributed by atoms with Gasteiger partial charge in [0.25, 0.3) is 0 Å². The quantitative estimate of drug-likeness (QED) is 0.872. The summed E-state index contributed by atoms with van der Waals surface area (Å²) < 4.78 is 12.8. The maximum atomic E-state index is 12.8. The van der Waals surface area contributed by atoms with E-state index in [1.54, 1.807) is 17.0 Å². The van der Waals surface area contributed by atoms with Gasteiger partial charge in [-0.1, -0.05) is 19.1 Å². The predicted octanol–water partition coefficient (Wildman–Crippen LogP) is 2.07. The smallest absolute Gasteiger partial charge is 0.317 e. The number of hydrogen-bond acceptors (Lipinski definition) is 2. The maximum Gasteiger partial charge on any atom is 0.317 e. The van der Waals surface area contributed by atoms with Crippen LogP contribution in [0.3, 0.4) is 0 Å². The molecule has 0 aromatic heterocycles. The monoisotopic (exact) mass is 321 g/mol. The van der Waals surface area contributed by atoms with Crippen LogP contribution in [0.25, 0.3) is 0 Å². The molecule has 0 aliphatic carbocycles. The summed E-state index contributed by atoms with van der Waals surface area (Å²) in [6.45, 7) is 4.00. The van der Waals surface area contributed by atoms with Gasteiger partial charge in [-0.2, -0.15) is 0 Å². The number of hydrogen-bond donors (Lipinski definition) is 2. The van der Waals surface area contributed by atoms with Crippen LogP contribution in [-0.4, -0.2) is 42.5 Å². The topological polar surface area (TPSA) is 61.4 Å². The molecule has 6 heteroatoms. The zero-order chi connectivity index (χ0) is 16.7. The van der Waals surface area contributed by atoms with E-state index in [0.29, 0.717) is 19.6 Å². The molecule has 2 rings (SSSR count). The normalized spacial score (nSPS) is 15.3. The lowest BCUT2D eigenvalue weighted by Gasteiger charge is -2.32. The third-order valence-electron chi connectivity index (χ3n) is 3.95. The number of nitrogens with one attached hydrogen (secondary N) is 2. The lowest BCUT2D eigenvalue weighted by Crippen LogP contribution is -2.49. The van der Waals surface area contributed by atoms with Gasteiger partial charge in [0.2, 0.25) is 5.91 Å². The first-order valence-electron chi connectivity index (χ1n) is 8.15. The Bertz CT molecular complexity index is 525. The molecule has 126 valence electrons. The molecule has 0 radical (unpaired) electrons. The number of likely N-dealkylation sites (tertiary alicyclic amines) is 1. The summed E-state index contributed by atoms with van der Waals surface area (Å²) in [6.07, 6.45) is 2.68. The Morgan fingerprint density at radius 3 is 2.48 bits per heavy atom. The molecule has 5 nitrogen and oxygen atoms in total. The van der Waals surface area contributed by atoms with Gasteiger partial charge in [0.15, 0.2) is 0 Å². The van der Waals surface area contributed by atoms with E-state index in [0.717, 1.165) is 24.8 Å². The SMILES string of the molecule is CCCNC(=O)N1CCC(NC(=O)Cc2ccc(F)cc2)CC1. The van der Waals surface area contributed by atoms with Crippen molar-refractivity contribution in [1.82, 2.24) is 15.5 Å². The number of amides is 3. The summed E-state index contributed by atoms with van der Waals surface area (Å²) in [5.74, 6) is -0.367. The number of carbonyl (C=O) groups excluding carboxylic acids is 2. The average Bonchev–Trinajstić information content (AvgIpc) is 2.55. The largest absolute Gasteiger partial charge is 0.353 e. The van der Waals surface area contributed by atoms with Crippen molar-refractivity contribution in [3.63, 3.8) is 0 Å². The van der Waals surface area contributed by atoms with Crippen LogP contribution in [0.2, 0.25) is 0 Å². The second kappa shape index (κ2) is 8.50. The Labute approximate surface area is 136 Å². The van der Waals surface area contributed by atoms with Crippen molar-refractivity contribution in [2.24, 2.45) is 0 Å². The highest BCUT2D eigenvalue weighted by atomic mass is 19.1. The molecule has 1 aromatic carbocycles. The molecular formula is C17H24FN3O2. The van der Waals surface area contributed by atoms with E-state index in [9.17, 15) is 14.0 Å². The first-order chi connectivity index (χ1) is 11.1. The fourth-order valence-electron chi connectivity index (χ4n) is 2.64. The van der Waals surface area contributed by atoms with Crippen molar-refractivity contribution >= 4 is 11.9 Å². The standard InChI is InChI=1S/C17H24FN3O2/c1-2-9-19-17(23)21-10-7-15(8-11-21)20-16(22)12-13-3-5-14(18)6-4-13/h3-6,15H,2,7-12H2,1H3,(H,19,23)(H,20,22). The molecule has 1 aliphatic heterocycles. The van der Waals surface area contributed by atoms with Crippen LogP contribution >= 0.6 is 0 Å². The van der Waals surface area contributed by atoms with Crippen molar-refractivity contribution in [3.8, 4) is 0 Å². The van der Waals surface area contributed by atoms with Crippen molar-refractivity contribution in [3.05, 3.63) is 35.6 Å². The van der Waals surface area contributed by atoms with Gasteiger partial charge in [-0.25, -0.2) is 9.18 Å². The summed E-state index contributed by atoms with van der Waals surface area (Å²) in [7, 11) is 0. The van der Waals surface area contributed by atoms with E-state index in [2.05, 4.69) is 10.6 Å². The minimum atomic E-state index is -0.303. The molecule has 1 heterocycles. The summed E-state index contributed by atoms with van der Waals surface area (Å²) in [4.78, 5) is 25.7. The molecule has 1 aliphatic rings. The number of piperidine rings is 1. The van der Waals surface area contributed by atoms with Crippen LogP contribution in [0.1, 0.15) is 31.7 Å². The van der Waals surface area contributed by atoms with E-state index in [-0.39, 0.29) is 30.2 Å². The van der Waals surface area contributed by atoms with Crippen LogP contribution < -0.4 is 10.6 Å². The summed E-state index contributed by atoms with van der Waals surface area (Å²) in [5.41, 5.74) is 0.792. The molecule has 2 N–H and O–H groups in total. The molecule has 0 bridgehead atoms. The van der Waals surface area contributed by atoms with Gasteiger partial charge in [-0.05, 0) is 37.0 Å². The molecule has 0 atom stereocenters. The number of nitrogens with zero attached hydrogens (tertiary/aromatic N) is 1. The molecule has 1 saturated heterocycles. The van der Waals surface area contributed by atoms with Crippen molar-refractivity contribution in [2.75, 3.05) is 19.6 Å². The summed E-state index contributed by atoms with van der Waals surface area (Å²) in [5, 5.41) is 5.86. The molecule has 3 amide bonds. The average molecular weight is 321 g/mol. The molecule has 0 spiro atoms. The first kappa shape index (κ1) is 17.2.